The molecule has 0 spiro atoms. The number of hydrogen-bond acceptors (Lipinski definition) is 9. The molecule has 1 aliphatic heterocycles. The van der Waals surface area contributed by atoms with E-state index in [0.717, 1.165) is 17.5 Å². The van der Waals surface area contributed by atoms with Crippen LogP contribution >= 0.6 is 22.9 Å². The summed E-state index contributed by atoms with van der Waals surface area (Å²) in [5, 5.41) is 16.1. The number of ether oxygens (including phenoxy) is 1. The number of nitrogens with one attached hydrogen (secondary N) is 2. The number of fused-ring (bicyclic) bond motifs is 1. The van der Waals surface area contributed by atoms with Crippen molar-refractivity contribution in [1.29, 1.82) is 0 Å². The van der Waals surface area contributed by atoms with Gasteiger partial charge in [0.2, 0.25) is 5.78 Å². The summed E-state index contributed by atoms with van der Waals surface area (Å²) in [6.45, 7) is 0.482. The van der Waals surface area contributed by atoms with Gasteiger partial charge >= 0.3 is 10.3 Å². The second-order valence-corrected chi connectivity index (χ2v) is 11.8. The van der Waals surface area contributed by atoms with Crippen LogP contribution in [0.4, 0.5) is 5.82 Å². The highest BCUT2D eigenvalue weighted by Crippen LogP contribution is 2.37. The minimum atomic E-state index is -4.35. The van der Waals surface area contributed by atoms with Gasteiger partial charge in [-0.2, -0.15) is 13.1 Å². The van der Waals surface area contributed by atoms with Crippen molar-refractivity contribution >= 4 is 44.8 Å². The number of carbonyl (C=O) groups is 1. The normalized spacial score (nSPS) is 23.5. The number of carbonyl (C=O) groups excluding carboxylic acids is 1. The lowest BCUT2D eigenvalue weighted by Crippen LogP contribution is -2.32. The molecular weight excluding hydrogens is 540 g/mol. The first kappa shape index (κ1) is 26.2. The summed E-state index contributed by atoms with van der Waals surface area (Å²) in [7, 11) is -4.35. The summed E-state index contributed by atoms with van der Waals surface area (Å²) in [6, 6.07) is 7.35. The molecule has 1 aromatic carbocycles. The van der Waals surface area contributed by atoms with Crippen molar-refractivity contribution in [1.82, 2.24) is 14.7 Å². The molecule has 0 saturated heterocycles. The SMILES string of the molecule is O=C(c1cc([C@H]2OCCc3ccc(Cl)cc32)cs1)c1cncnc1N[C@@H]1C[C@H](CNS(=O)(=O)O)[C@@H](O)C1. The molecule has 4 N–H and O–H groups in total. The van der Waals surface area contributed by atoms with E-state index in [2.05, 4.69) is 15.3 Å². The van der Waals surface area contributed by atoms with Gasteiger partial charge in [0.1, 0.15) is 18.2 Å². The zero-order valence-corrected chi connectivity index (χ0v) is 21.9. The molecule has 1 fully saturated rings. The van der Waals surface area contributed by atoms with E-state index in [9.17, 15) is 18.3 Å². The standard InChI is InChI=1S/C24H25ClN4O6S2/c25-16-2-1-13-3-4-35-23(18(13)7-16)15-6-21(36-11-15)22(31)19-10-26-12-27-24(19)29-17-5-14(20(30)8-17)9-28-37(32,33)34/h1-2,6-7,10-12,14,17,20,23,28,30H,3-5,8-9H2,(H,26,27,29)(H,32,33,34)/t14-,17-,20+,23-/m1/s1. The van der Waals surface area contributed by atoms with Crippen LogP contribution in [0.5, 0.6) is 0 Å². The van der Waals surface area contributed by atoms with Crippen molar-refractivity contribution in [2.75, 3.05) is 18.5 Å². The number of thiophene rings is 1. The smallest absolute Gasteiger partial charge is 0.333 e. The Morgan fingerprint density at radius 2 is 2.11 bits per heavy atom. The van der Waals surface area contributed by atoms with Gasteiger partial charge in [-0.3, -0.25) is 9.35 Å². The molecule has 13 heteroatoms. The highest BCUT2D eigenvalue weighted by Gasteiger charge is 2.34. The average molecular weight is 565 g/mol. The van der Waals surface area contributed by atoms with Gasteiger partial charge in [-0.15, -0.1) is 11.3 Å². The number of nitrogens with zero attached hydrogens (tertiary/aromatic N) is 2. The van der Waals surface area contributed by atoms with Crippen LogP contribution in [0.1, 0.15) is 50.9 Å². The second-order valence-electron chi connectivity index (χ2n) is 9.17. The van der Waals surface area contributed by atoms with E-state index in [1.165, 1.54) is 29.4 Å². The third-order valence-electron chi connectivity index (χ3n) is 6.68. The van der Waals surface area contributed by atoms with Gasteiger partial charge in [-0.25, -0.2) is 9.97 Å². The van der Waals surface area contributed by atoms with Crippen molar-refractivity contribution in [2.45, 2.75) is 37.5 Å². The predicted molar refractivity (Wildman–Crippen MR) is 138 cm³/mol. The van der Waals surface area contributed by atoms with Crippen LogP contribution in [0.25, 0.3) is 0 Å². The van der Waals surface area contributed by atoms with E-state index in [-0.39, 0.29) is 30.0 Å². The lowest BCUT2D eigenvalue weighted by Gasteiger charge is -2.25. The number of halogens is 1. The minimum Gasteiger partial charge on any atom is -0.393 e. The molecule has 3 aromatic rings. The maximum Gasteiger partial charge on any atom is 0.333 e. The highest BCUT2D eigenvalue weighted by molar-refractivity contribution is 7.83. The number of benzene rings is 1. The van der Waals surface area contributed by atoms with Crippen LogP contribution in [0.2, 0.25) is 5.02 Å². The van der Waals surface area contributed by atoms with Gasteiger partial charge in [0.05, 0.1) is 23.2 Å². The molecule has 4 atom stereocenters. The highest BCUT2D eigenvalue weighted by atomic mass is 35.5. The Morgan fingerprint density at radius 3 is 2.92 bits per heavy atom. The van der Waals surface area contributed by atoms with E-state index >= 15 is 0 Å². The molecule has 0 bridgehead atoms. The summed E-state index contributed by atoms with van der Waals surface area (Å²) in [5.74, 6) is -0.307. The zero-order chi connectivity index (χ0) is 26.2. The van der Waals surface area contributed by atoms with Gasteiger partial charge in [0, 0.05) is 29.7 Å². The van der Waals surface area contributed by atoms with Crippen LogP contribution in [-0.4, -0.2) is 59.1 Å². The fraction of sp³-hybridized carbons (Fsp3) is 0.375. The van der Waals surface area contributed by atoms with Crippen LogP contribution in [0.15, 0.2) is 42.2 Å². The summed E-state index contributed by atoms with van der Waals surface area (Å²) < 4.78 is 38.9. The Balaban J connectivity index is 1.32. The molecule has 2 aliphatic rings. The number of aliphatic hydroxyl groups excluding tert-OH is 1. The first-order chi connectivity index (χ1) is 17.7. The van der Waals surface area contributed by atoms with E-state index in [0.29, 0.717) is 35.2 Å². The van der Waals surface area contributed by atoms with E-state index in [4.69, 9.17) is 20.9 Å². The van der Waals surface area contributed by atoms with Crippen molar-refractivity contribution in [3.63, 3.8) is 0 Å². The maximum atomic E-state index is 13.5. The lowest BCUT2D eigenvalue weighted by atomic mass is 9.94. The fourth-order valence-electron chi connectivity index (χ4n) is 4.89. The summed E-state index contributed by atoms with van der Waals surface area (Å²) >= 11 is 7.53. The minimum absolute atomic E-state index is 0.0940. The molecule has 5 rings (SSSR count). The molecule has 0 amide bonds. The molecular formula is C24H25ClN4O6S2. The number of hydrogen-bond donors (Lipinski definition) is 4. The Morgan fingerprint density at radius 1 is 1.27 bits per heavy atom. The number of aliphatic hydroxyl groups is 1. The van der Waals surface area contributed by atoms with Crippen molar-refractivity contribution < 1.29 is 27.6 Å². The number of anilines is 1. The summed E-state index contributed by atoms with van der Waals surface area (Å²) in [5.41, 5.74) is 3.33. The maximum absolute atomic E-state index is 13.5. The van der Waals surface area contributed by atoms with Gasteiger partial charge < -0.3 is 15.2 Å². The third kappa shape index (κ3) is 6.01. The molecule has 37 heavy (non-hydrogen) atoms. The van der Waals surface area contributed by atoms with Gasteiger partial charge in [-0.1, -0.05) is 17.7 Å². The van der Waals surface area contributed by atoms with Crippen molar-refractivity contribution in [3.05, 3.63) is 74.3 Å². The molecule has 0 radical (unpaired) electrons. The Hall–Kier alpha value is -2.45. The van der Waals surface area contributed by atoms with E-state index in [1.807, 2.05) is 34.4 Å². The lowest BCUT2D eigenvalue weighted by molar-refractivity contribution is 0.0701. The number of ketones is 1. The Bertz CT molecular complexity index is 1420. The monoisotopic (exact) mass is 564 g/mol. The zero-order valence-electron chi connectivity index (χ0n) is 19.5. The van der Waals surface area contributed by atoms with Crippen LogP contribution in [0.3, 0.4) is 0 Å². The molecule has 1 saturated carbocycles. The summed E-state index contributed by atoms with van der Waals surface area (Å²) in [4.78, 5) is 22.2. The first-order valence-corrected chi connectivity index (χ1v) is 14.4. The molecule has 1 aliphatic carbocycles. The van der Waals surface area contributed by atoms with Crippen molar-refractivity contribution in [2.24, 2.45) is 5.92 Å². The largest absolute Gasteiger partial charge is 0.393 e. The predicted octanol–water partition coefficient (Wildman–Crippen LogP) is 3.03. The van der Waals surface area contributed by atoms with Crippen LogP contribution in [-0.2, 0) is 21.5 Å². The number of aromatic nitrogens is 2. The van der Waals surface area contributed by atoms with E-state index in [1.54, 1.807) is 0 Å². The average Bonchev–Trinajstić information content (AvgIpc) is 3.48. The Kier molecular flexibility index (Phi) is 7.59. The molecule has 2 aromatic heterocycles. The van der Waals surface area contributed by atoms with Gasteiger partial charge in [0.25, 0.3) is 0 Å². The van der Waals surface area contributed by atoms with E-state index < -0.39 is 22.3 Å². The number of rotatable bonds is 8. The Labute approximate surface area is 222 Å². The van der Waals surface area contributed by atoms with Crippen molar-refractivity contribution in [3.8, 4) is 0 Å². The first-order valence-electron chi connectivity index (χ1n) is 11.7. The molecule has 0 unspecified atom stereocenters. The van der Waals surface area contributed by atoms with Gasteiger partial charge in [0.15, 0.2) is 0 Å². The second kappa shape index (κ2) is 10.7. The van der Waals surface area contributed by atoms with Crippen LogP contribution < -0.4 is 10.0 Å². The molecule has 3 heterocycles. The fourth-order valence-corrected chi connectivity index (χ4v) is 6.37. The third-order valence-corrected chi connectivity index (χ3v) is 8.39. The molecule has 10 nitrogen and oxygen atoms in total. The van der Waals surface area contributed by atoms with Crippen LogP contribution in [0, 0.1) is 5.92 Å². The summed E-state index contributed by atoms with van der Waals surface area (Å²) in [6.07, 6.45) is 3.25. The quantitative estimate of drug-likeness (QED) is 0.239. The molecule has 196 valence electrons. The van der Waals surface area contributed by atoms with Gasteiger partial charge in [-0.05, 0) is 59.5 Å². The topological polar surface area (TPSA) is 151 Å².